The molecule has 0 unspecified atom stereocenters. The molecular weight excluding hydrogens is 286 g/mol. The Balaban J connectivity index is 1.67. The first-order chi connectivity index (χ1) is 10.2. The molecule has 1 aliphatic heterocycles. The summed E-state index contributed by atoms with van der Waals surface area (Å²) >= 11 is 1.52. The van der Waals surface area contributed by atoms with Gasteiger partial charge in [0.2, 0.25) is 5.91 Å². The molecular formula is C14H17N5OS. The first kappa shape index (κ1) is 13.9. The quantitative estimate of drug-likeness (QED) is 0.942. The summed E-state index contributed by atoms with van der Waals surface area (Å²) in [5, 5.41) is 5.82. The van der Waals surface area contributed by atoms with E-state index in [4.69, 9.17) is 0 Å². The van der Waals surface area contributed by atoms with E-state index < -0.39 is 0 Å². The minimum Gasteiger partial charge on any atom is -0.342 e. The summed E-state index contributed by atoms with van der Waals surface area (Å²) in [7, 11) is 0. The zero-order chi connectivity index (χ0) is 14.7. The summed E-state index contributed by atoms with van der Waals surface area (Å²) in [6.07, 6.45) is 7.34. The molecule has 110 valence electrons. The van der Waals surface area contributed by atoms with Gasteiger partial charge in [0.1, 0.15) is 0 Å². The maximum atomic E-state index is 11.5. The Hall–Kier alpha value is -2.02. The highest BCUT2D eigenvalue weighted by atomic mass is 32.1. The van der Waals surface area contributed by atoms with Gasteiger partial charge in [-0.15, -0.1) is 11.3 Å². The number of hydrogen-bond acceptors (Lipinski definition) is 6. The zero-order valence-electron chi connectivity index (χ0n) is 11.8. The normalized spacial score (nSPS) is 18.5. The van der Waals surface area contributed by atoms with Crippen molar-refractivity contribution < 1.29 is 4.79 Å². The van der Waals surface area contributed by atoms with Crippen LogP contribution in [-0.2, 0) is 4.79 Å². The zero-order valence-corrected chi connectivity index (χ0v) is 12.6. The number of nitrogens with one attached hydrogen (secondary N) is 1. The standard InChI is InChI=1S/C14H17N5OS/c1-10(20)19-5-2-3-11(9-19)12-7-17-13(8-16-12)18-14-15-4-6-21-14/h4,6-8,11H,2-3,5,9H2,1H3,(H,15,17,18)/t11-/m0/s1. The molecule has 0 spiro atoms. The largest absolute Gasteiger partial charge is 0.342 e. The van der Waals surface area contributed by atoms with Crippen LogP contribution in [0, 0.1) is 0 Å². The second-order valence-electron chi connectivity index (χ2n) is 5.09. The summed E-state index contributed by atoms with van der Waals surface area (Å²) in [6, 6.07) is 0. The van der Waals surface area contributed by atoms with Crippen molar-refractivity contribution >= 4 is 28.2 Å². The number of aromatic nitrogens is 3. The van der Waals surface area contributed by atoms with Gasteiger partial charge >= 0.3 is 0 Å². The Bertz CT molecular complexity index is 598. The van der Waals surface area contributed by atoms with E-state index >= 15 is 0 Å². The second kappa shape index (κ2) is 6.17. The van der Waals surface area contributed by atoms with Crippen LogP contribution < -0.4 is 5.32 Å². The molecule has 1 aliphatic rings. The fourth-order valence-corrected chi connectivity index (χ4v) is 3.05. The van der Waals surface area contributed by atoms with Gasteiger partial charge in [-0.2, -0.15) is 0 Å². The third-order valence-electron chi connectivity index (χ3n) is 3.62. The van der Waals surface area contributed by atoms with E-state index in [1.165, 1.54) is 11.3 Å². The molecule has 0 bridgehead atoms. The van der Waals surface area contributed by atoms with Gasteiger partial charge in [0.15, 0.2) is 10.9 Å². The van der Waals surface area contributed by atoms with Gasteiger partial charge in [0.25, 0.3) is 0 Å². The van der Waals surface area contributed by atoms with Crippen LogP contribution in [0.4, 0.5) is 10.9 Å². The van der Waals surface area contributed by atoms with Crippen LogP contribution >= 0.6 is 11.3 Å². The van der Waals surface area contributed by atoms with E-state index in [9.17, 15) is 4.79 Å². The van der Waals surface area contributed by atoms with Crippen LogP contribution in [0.3, 0.4) is 0 Å². The number of carbonyl (C=O) groups excluding carboxylic acids is 1. The van der Waals surface area contributed by atoms with Crippen molar-refractivity contribution in [3.63, 3.8) is 0 Å². The first-order valence-electron chi connectivity index (χ1n) is 6.96. The highest BCUT2D eigenvalue weighted by molar-refractivity contribution is 7.13. The van der Waals surface area contributed by atoms with Gasteiger partial charge in [0.05, 0.1) is 18.1 Å². The number of thiazole rings is 1. The molecule has 1 amide bonds. The molecule has 6 nitrogen and oxygen atoms in total. The molecule has 3 heterocycles. The molecule has 2 aromatic heterocycles. The van der Waals surface area contributed by atoms with Crippen LogP contribution in [0.2, 0.25) is 0 Å². The smallest absolute Gasteiger partial charge is 0.219 e. The SMILES string of the molecule is CC(=O)N1CCC[C@H](c2cnc(Nc3nccs3)cn2)C1. The van der Waals surface area contributed by atoms with Gasteiger partial charge in [-0.05, 0) is 12.8 Å². The van der Waals surface area contributed by atoms with Crippen LogP contribution in [0.5, 0.6) is 0 Å². The Kier molecular flexibility index (Phi) is 4.10. The lowest BCUT2D eigenvalue weighted by atomic mass is 9.95. The van der Waals surface area contributed by atoms with Gasteiger partial charge < -0.3 is 10.2 Å². The fourth-order valence-electron chi connectivity index (χ4n) is 2.51. The van der Waals surface area contributed by atoms with Crippen molar-refractivity contribution in [3.05, 3.63) is 29.7 Å². The highest BCUT2D eigenvalue weighted by Crippen LogP contribution is 2.26. The van der Waals surface area contributed by atoms with E-state index in [0.717, 1.165) is 36.8 Å². The van der Waals surface area contributed by atoms with Crippen molar-refractivity contribution in [3.8, 4) is 0 Å². The van der Waals surface area contributed by atoms with E-state index in [1.807, 2.05) is 10.3 Å². The summed E-state index contributed by atoms with van der Waals surface area (Å²) in [5.41, 5.74) is 0.950. The predicted molar refractivity (Wildman–Crippen MR) is 81.7 cm³/mol. The molecule has 0 aromatic carbocycles. The summed E-state index contributed by atoms with van der Waals surface area (Å²) in [4.78, 5) is 26.4. The molecule has 2 aromatic rings. The van der Waals surface area contributed by atoms with Crippen molar-refractivity contribution in [2.45, 2.75) is 25.7 Å². The molecule has 3 rings (SSSR count). The summed E-state index contributed by atoms with van der Waals surface area (Å²) < 4.78 is 0. The molecule has 21 heavy (non-hydrogen) atoms. The average Bonchev–Trinajstić information content (AvgIpc) is 3.01. The summed E-state index contributed by atoms with van der Waals surface area (Å²) in [6.45, 7) is 3.21. The van der Waals surface area contributed by atoms with E-state index in [0.29, 0.717) is 5.82 Å². The number of piperidine rings is 1. The van der Waals surface area contributed by atoms with Crippen molar-refractivity contribution in [1.82, 2.24) is 19.9 Å². The topological polar surface area (TPSA) is 71.0 Å². The fraction of sp³-hybridized carbons (Fsp3) is 0.429. The van der Waals surface area contributed by atoms with Crippen molar-refractivity contribution in [2.24, 2.45) is 0 Å². The maximum Gasteiger partial charge on any atom is 0.219 e. The van der Waals surface area contributed by atoms with Gasteiger partial charge in [-0.1, -0.05) is 0 Å². The predicted octanol–water partition coefficient (Wildman–Crippen LogP) is 2.40. The van der Waals surface area contributed by atoms with Crippen LogP contribution in [0.15, 0.2) is 24.0 Å². The number of nitrogens with zero attached hydrogens (tertiary/aromatic N) is 4. The Morgan fingerprint density at radius 1 is 1.38 bits per heavy atom. The highest BCUT2D eigenvalue weighted by Gasteiger charge is 2.23. The lowest BCUT2D eigenvalue weighted by Crippen LogP contribution is -2.37. The minimum atomic E-state index is 0.134. The van der Waals surface area contributed by atoms with E-state index in [2.05, 4.69) is 20.3 Å². The van der Waals surface area contributed by atoms with Gasteiger partial charge in [0, 0.05) is 37.5 Å². The second-order valence-corrected chi connectivity index (χ2v) is 5.99. The lowest BCUT2D eigenvalue weighted by molar-refractivity contribution is -0.130. The monoisotopic (exact) mass is 303 g/mol. The summed E-state index contributed by atoms with van der Waals surface area (Å²) in [5.74, 6) is 1.10. The molecule has 7 heteroatoms. The van der Waals surface area contributed by atoms with Crippen LogP contribution in [0.1, 0.15) is 31.4 Å². The number of rotatable bonds is 3. The third-order valence-corrected chi connectivity index (χ3v) is 4.31. The number of carbonyl (C=O) groups is 1. The Morgan fingerprint density at radius 2 is 2.29 bits per heavy atom. The molecule has 1 fully saturated rings. The van der Waals surface area contributed by atoms with Gasteiger partial charge in [-0.3, -0.25) is 9.78 Å². The molecule has 0 aliphatic carbocycles. The number of hydrogen-bond donors (Lipinski definition) is 1. The number of amides is 1. The number of anilines is 2. The molecule has 0 radical (unpaired) electrons. The average molecular weight is 303 g/mol. The number of likely N-dealkylation sites (tertiary alicyclic amines) is 1. The van der Waals surface area contributed by atoms with E-state index in [-0.39, 0.29) is 11.8 Å². The molecule has 1 N–H and O–H groups in total. The molecule has 1 saturated heterocycles. The van der Waals surface area contributed by atoms with Crippen molar-refractivity contribution in [2.75, 3.05) is 18.4 Å². The maximum absolute atomic E-state index is 11.5. The van der Waals surface area contributed by atoms with Crippen LogP contribution in [-0.4, -0.2) is 38.8 Å². The lowest BCUT2D eigenvalue weighted by Gasteiger charge is -2.31. The van der Waals surface area contributed by atoms with E-state index in [1.54, 1.807) is 25.5 Å². The molecule has 1 atom stereocenters. The third kappa shape index (κ3) is 3.36. The first-order valence-corrected chi connectivity index (χ1v) is 7.84. The van der Waals surface area contributed by atoms with Gasteiger partial charge in [-0.25, -0.2) is 9.97 Å². The molecule has 0 saturated carbocycles. The minimum absolute atomic E-state index is 0.134. The van der Waals surface area contributed by atoms with Crippen LogP contribution in [0.25, 0.3) is 0 Å². The Labute approximate surface area is 127 Å². The Morgan fingerprint density at radius 3 is 2.95 bits per heavy atom. The van der Waals surface area contributed by atoms with Crippen molar-refractivity contribution in [1.29, 1.82) is 0 Å².